The van der Waals surface area contributed by atoms with E-state index < -0.39 is 0 Å². The van der Waals surface area contributed by atoms with E-state index in [4.69, 9.17) is 9.73 Å². The van der Waals surface area contributed by atoms with Crippen LogP contribution in [0.5, 0.6) is 0 Å². The van der Waals surface area contributed by atoms with E-state index in [0.717, 1.165) is 26.1 Å². The molecule has 1 aliphatic rings. The molecule has 1 atom stereocenters. The molecule has 0 aliphatic carbocycles. The van der Waals surface area contributed by atoms with Crippen molar-refractivity contribution in [3.8, 4) is 0 Å². The van der Waals surface area contributed by atoms with Gasteiger partial charge in [0.15, 0.2) is 0 Å². The van der Waals surface area contributed by atoms with Gasteiger partial charge in [-0.1, -0.05) is 181 Å². The second-order valence-corrected chi connectivity index (χ2v) is 12.9. The van der Waals surface area contributed by atoms with Crippen molar-refractivity contribution in [1.82, 2.24) is 4.90 Å². The summed E-state index contributed by atoms with van der Waals surface area (Å²) in [6.45, 7) is 9.75. The van der Waals surface area contributed by atoms with Crippen LogP contribution in [0.1, 0.15) is 207 Å². The Morgan fingerprint density at radius 1 is 0.525 bits per heavy atom. The van der Waals surface area contributed by atoms with Crippen LogP contribution in [0.3, 0.4) is 0 Å². The van der Waals surface area contributed by atoms with Crippen molar-refractivity contribution in [3.63, 3.8) is 0 Å². The van der Waals surface area contributed by atoms with E-state index in [1.54, 1.807) is 0 Å². The van der Waals surface area contributed by atoms with E-state index in [0.29, 0.717) is 0 Å². The van der Waals surface area contributed by atoms with Crippen LogP contribution < -0.4 is 0 Å². The second kappa shape index (κ2) is 29.9. The highest BCUT2D eigenvalue weighted by molar-refractivity contribution is 5.83. The fourth-order valence-corrected chi connectivity index (χ4v) is 6.24. The van der Waals surface area contributed by atoms with Crippen LogP contribution in [-0.2, 0) is 4.74 Å². The monoisotopic (exact) mass is 563 g/mol. The summed E-state index contributed by atoms with van der Waals surface area (Å²) in [5.41, 5.74) is 0. The Hall–Kier alpha value is -0.570. The van der Waals surface area contributed by atoms with Gasteiger partial charge in [-0.2, -0.15) is 0 Å². The molecule has 0 radical (unpaired) electrons. The molecule has 1 unspecified atom stereocenters. The third-order valence-corrected chi connectivity index (χ3v) is 9.02. The molecule has 0 aromatic heterocycles. The van der Waals surface area contributed by atoms with Crippen molar-refractivity contribution in [2.45, 2.75) is 213 Å². The van der Waals surface area contributed by atoms with Crippen LogP contribution in [-0.4, -0.2) is 36.7 Å². The molecule has 0 bridgehead atoms. The van der Waals surface area contributed by atoms with Crippen LogP contribution in [0, 0.1) is 0 Å². The van der Waals surface area contributed by atoms with Gasteiger partial charge >= 0.3 is 0 Å². The van der Waals surface area contributed by atoms with Crippen molar-refractivity contribution in [2.75, 3.05) is 19.7 Å². The minimum Gasteiger partial charge on any atom is -0.359 e. The summed E-state index contributed by atoms with van der Waals surface area (Å²) < 4.78 is 6.23. The Morgan fingerprint density at radius 3 is 1.27 bits per heavy atom. The lowest BCUT2D eigenvalue weighted by molar-refractivity contribution is -0.0113. The Labute approximate surface area is 253 Å². The zero-order chi connectivity index (χ0) is 28.8. The van der Waals surface area contributed by atoms with Crippen molar-refractivity contribution in [3.05, 3.63) is 0 Å². The van der Waals surface area contributed by atoms with Gasteiger partial charge in [-0.05, 0) is 19.8 Å². The van der Waals surface area contributed by atoms with Gasteiger partial charge in [0.25, 0.3) is 0 Å². The summed E-state index contributed by atoms with van der Waals surface area (Å²) in [4.78, 5) is 7.26. The van der Waals surface area contributed by atoms with Crippen molar-refractivity contribution >= 4 is 5.84 Å². The third kappa shape index (κ3) is 23.0. The predicted octanol–water partition coefficient (Wildman–Crippen LogP) is 12.4. The molecule has 0 aromatic carbocycles. The van der Waals surface area contributed by atoms with Gasteiger partial charge in [-0.15, -0.1) is 0 Å². The molecule has 238 valence electrons. The Balaban J connectivity index is 1.87. The first kappa shape index (κ1) is 37.5. The quantitative estimate of drug-likeness (QED) is 0.0761. The molecule has 0 amide bonds. The smallest absolute Gasteiger partial charge is 0.128 e. The first-order valence-corrected chi connectivity index (χ1v) is 18.7. The van der Waals surface area contributed by atoms with Gasteiger partial charge in [-0.25, -0.2) is 0 Å². The first-order chi connectivity index (χ1) is 19.8. The zero-order valence-electron chi connectivity index (χ0n) is 28.0. The summed E-state index contributed by atoms with van der Waals surface area (Å²) in [6.07, 6.45) is 41.0. The van der Waals surface area contributed by atoms with Crippen LogP contribution in [0.2, 0.25) is 0 Å². The molecule has 1 rings (SSSR count). The molecule has 1 heterocycles. The van der Waals surface area contributed by atoms with Crippen molar-refractivity contribution in [2.24, 2.45) is 4.99 Å². The maximum Gasteiger partial charge on any atom is 0.128 e. The third-order valence-electron chi connectivity index (χ3n) is 9.02. The molecule has 0 N–H and O–H groups in total. The second-order valence-electron chi connectivity index (χ2n) is 12.9. The molecule has 3 heteroatoms. The Bertz CT molecular complexity index is 534. The zero-order valence-corrected chi connectivity index (χ0v) is 28.0. The lowest BCUT2D eigenvalue weighted by Crippen LogP contribution is -2.38. The highest BCUT2D eigenvalue weighted by atomic mass is 16.5. The summed E-state index contributed by atoms with van der Waals surface area (Å²) >= 11 is 0. The van der Waals surface area contributed by atoms with Gasteiger partial charge in [0, 0.05) is 19.6 Å². The molecule has 0 spiro atoms. The number of hydrogen-bond acceptors (Lipinski definition) is 3. The number of amidine groups is 1. The van der Waals surface area contributed by atoms with Gasteiger partial charge < -0.3 is 9.64 Å². The minimum atomic E-state index is 0.190. The largest absolute Gasteiger partial charge is 0.359 e. The first-order valence-electron chi connectivity index (χ1n) is 18.7. The van der Waals surface area contributed by atoms with E-state index in [-0.39, 0.29) is 6.23 Å². The molecular formula is C37H74N2O. The van der Waals surface area contributed by atoms with Gasteiger partial charge in [0.05, 0.1) is 6.54 Å². The van der Waals surface area contributed by atoms with E-state index in [1.165, 1.54) is 186 Å². The predicted molar refractivity (Wildman–Crippen MR) is 180 cm³/mol. The Morgan fingerprint density at radius 2 is 0.875 bits per heavy atom. The van der Waals surface area contributed by atoms with E-state index >= 15 is 0 Å². The van der Waals surface area contributed by atoms with Crippen LogP contribution in [0.25, 0.3) is 0 Å². The van der Waals surface area contributed by atoms with Crippen molar-refractivity contribution in [1.29, 1.82) is 0 Å². The summed E-state index contributed by atoms with van der Waals surface area (Å²) in [5.74, 6) is 1.31. The molecule has 40 heavy (non-hydrogen) atoms. The van der Waals surface area contributed by atoms with E-state index in [1.807, 2.05) is 0 Å². The number of ether oxygens (including phenoxy) is 1. The van der Waals surface area contributed by atoms with Gasteiger partial charge in [0.2, 0.25) is 0 Å². The number of hydrogen-bond donors (Lipinski definition) is 0. The fourth-order valence-electron chi connectivity index (χ4n) is 6.24. The van der Waals surface area contributed by atoms with Crippen LogP contribution in [0.15, 0.2) is 4.99 Å². The fraction of sp³-hybridized carbons (Fsp3) is 0.973. The van der Waals surface area contributed by atoms with Gasteiger partial charge in [0.1, 0.15) is 12.1 Å². The molecule has 3 nitrogen and oxygen atoms in total. The lowest BCUT2D eigenvalue weighted by atomic mass is 10.0. The standard InChI is InChI=1S/C37H74N2O/c1-4-6-8-10-12-14-16-18-20-22-24-26-28-30-32-37-38-33-34-39(37)36(3)40-35-31-29-27-25-23-21-19-17-15-13-11-9-7-5-2/h36H,4-35H2,1-3H3. The minimum absolute atomic E-state index is 0.190. The van der Waals surface area contributed by atoms with Crippen molar-refractivity contribution < 1.29 is 4.74 Å². The maximum atomic E-state index is 6.23. The number of aliphatic imine (C=N–C) groups is 1. The molecule has 0 aromatic rings. The normalized spacial score (nSPS) is 14.3. The summed E-state index contributed by atoms with van der Waals surface area (Å²) in [7, 11) is 0. The van der Waals surface area contributed by atoms with Gasteiger partial charge in [-0.3, -0.25) is 4.99 Å². The molecule has 0 saturated carbocycles. The average molecular weight is 563 g/mol. The topological polar surface area (TPSA) is 24.8 Å². The molecular weight excluding hydrogens is 488 g/mol. The maximum absolute atomic E-state index is 6.23. The lowest BCUT2D eigenvalue weighted by Gasteiger charge is -2.28. The van der Waals surface area contributed by atoms with E-state index in [2.05, 4.69) is 25.7 Å². The SMILES string of the molecule is CCCCCCCCCCCCCCCCOC(C)N1CCN=C1CCCCCCCCCCCCCCCC. The number of unbranched alkanes of at least 4 members (excludes halogenated alkanes) is 26. The van der Waals surface area contributed by atoms with Crippen LogP contribution >= 0.6 is 0 Å². The average Bonchev–Trinajstić information content (AvgIpc) is 3.44. The molecule has 0 saturated heterocycles. The highest BCUT2D eigenvalue weighted by Gasteiger charge is 2.22. The summed E-state index contributed by atoms with van der Waals surface area (Å²) in [6, 6.07) is 0. The molecule has 0 fully saturated rings. The summed E-state index contributed by atoms with van der Waals surface area (Å²) in [5, 5.41) is 0. The van der Waals surface area contributed by atoms with E-state index in [9.17, 15) is 0 Å². The number of nitrogens with zero attached hydrogens (tertiary/aromatic N) is 2. The number of rotatable bonds is 32. The van der Waals surface area contributed by atoms with Crippen LogP contribution in [0.4, 0.5) is 0 Å². The highest BCUT2D eigenvalue weighted by Crippen LogP contribution is 2.17. The molecule has 1 aliphatic heterocycles. The Kier molecular flexibility index (Phi) is 28.0.